The summed E-state index contributed by atoms with van der Waals surface area (Å²) < 4.78 is 7.26. The Hall–Kier alpha value is -2.09. The summed E-state index contributed by atoms with van der Waals surface area (Å²) in [5.41, 5.74) is 2.52. The van der Waals surface area contributed by atoms with Gasteiger partial charge >= 0.3 is 0 Å². The molecule has 2 N–H and O–H groups in total. The van der Waals surface area contributed by atoms with Crippen LogP contribution in [0.25, 0.3) is 10.2 Å². The van der Waals surface area contributed by atoms with Crippen LogP contribution in [0, 0.1) is 0 Å². The zero-order chi connectivity index (χ0) is 22.5. The Morgan fingerprint density at radius 1 is 1.19 bits per heavy atom. The van der Waals surface area contributed by atoms with Crippen molar-refractivity contribution in [1.82, 2.24) is 15.3 Å². The third-order valence-corrected chi connectivity index (χ3v) is 7.60. The smallest absolute Gasteiger partial charge is 0.255 e. The quantitative estimate of drug-likeness (QED) is 0.435. The van der Waals surface area contributed by atoms with Crippen LogP contribution >= 0.6 is 34.5 Å². The fraction of sp³-hybridized carbons (Fsp3) is 0.435. The molecule has 0 unspecified atom stereocenters. The number of carbonyl (C=O) groups excluding carboxylic acids is 1. The molecule has 3 heterocycles. The topological polar surface area (TPSA) is 76.1 Å². The minimum atomic E-state index is -0.383. The maximum Gasteiger partial charge on any atom is 0.255 e. The van der Waals surface area contributed by atoms with Crippen LogP contribution in [-0.2, 0) is 6.42 Å². The van der Waals surface area contributed by atoms with Crippen LogP contribution in [0.2, 0.25) is 10.0 Å². The van der Waals surface area contributed by atoms with E-state index in [1.54, 1.807) is 0 Å². The van der Waals surface area contributed by atoms with E-state index >= 15 is 0 Å². The van der Waals surface area contributed by atoms with Crippen molar-refractivity contribution in [2.24, 2.45) is 0 Å². The third-order valence-electron chi connectivity index (χ3n) is 5.98. The highest BCUT2D eigenvalue weighted by Gasteiger charge is 2.36. The van der Waals surface area contributed by atoms with Crippen molar-refractivity contribution in [3.63, 3.8) is 0 Å². The van der Waals surface area contributed by atoms with Gasteiger partial charge in [0.1, 0.15) is 11.4 Å². The molecule has 1 amide bonds. The summed E-state index contributed by atoms with van der Waals surface area (Å²) in [6.07, 6.45) is 9.39. The van der Waals surface area contributed by atoms with E-state index in [-0.39, 0.29) is 17.6 Å². The van der Waals surface area contributed by atoms with Crippen LogP contribution in [0.4, 0.5) is 10.8 Å². The Bertz CT molecular complexity index is 1180. The summed E-state index contributed by atoms with van der Waals surface area (Å²) in [4.78, 5) is 22.0. The van der Waals surface area contributed by atoms with Crippen molar-refractivity contribution in [1.29, 1.82) is 0 Å². The summed E-state index contributed by atoms with van der Waals surface area (Å²) in [5.74, 6) is 0.585. The molecular weight excluding hydrogens is 467 g/mol. The summed E-state index contributed by atoms with van der Waals surface area (Å²) in [6.45, 7) is 4.08. The van der Waals surface area contributed by atoms with Gasteiger partial charge in [0.25, 0.3) is 5.91 Å². The van der Waals surface area contributed by atoms with E-state index in [2.05, 4.69) is 15.6 Å². The standard InChI is InChI=1S/C23H24Cl2N4O2S/c1-23(2)9-14-19(31-23)13(21(30)27-12-6-4-3-5-7-12)8-17-20(14)32-22(28-17)29-18-15(24)10-26-11-16(18)25/h8,10-12H,3-7,9H2,1-2H3,(H,27,30)(H,26,28,29). The van der Waals surface area contributed by atoms with Gasteiger partial charge in [-0.05, 0) is 32.8 Å². The number of fused-ring (bicyclic) bond motifs is 3. The number of pyridine rings is 1. The van der Waals surface area contributed by atoms with E-state index in [0.29, 0.717) is 38.6 Å². The lowest BCUT2D eigenvalue weighted by Gasteiger charge is -2.23. The Kier molecular flexibility index (Phi) is 5.68. The number of rotatable bonds is 4. The van der Waals surface area contributed by atoms with E-state index in [0.717, 1.165) is 41.5 Å². The largest absolute Gasteiger partial charge is 0.486 e. The van der Waals surface area contributed by atoms with E-state index in [1.165, 1.54) is 30.2 Å². The number of thiazole rings is 1. The van der Waals surface area contributed by atoms with Gasteiger partial charge in [0, 0.05) is 30.4 Å². The van der Waals surface area contributed by atoms with Crippen LogP contribution in [-0.4, -0.2) is 27.5 Å². The summed E-state index contributed by atoms with van der Waals surface area (Å²) >= 11 is 14.0. The molecule has 3 aromatic rings. The van der Waals surface area contributed by atoms with Gasteiger partial charge in [-0.1, -0.05) is 53.8 Å². The van der Waals surface area contributed by atoms with Crippen molar-refractivity contribution in [3.8, 4) is 5.75 Å². The molecule has 1 saturated carbocycles. The molecular formula is C23H24Cl2N4O2S. The number of amides is 1. The van der Waals surface area contributed by atoms with E-state index in [1.807, 2.05) is 19.9 Å². The molecule has 0 spiro atoms. The summed E-state index contributed by atoms with van der Waals surface area (Å²) in [6, 6.07) is 2.06. The molecule has 9 heteroatoms. The lowest BCUT2D eigenvalue weighted by Crippen LogP contribution is -2.36. The third kappa shape index (κ3) is 4.14. The van der Waals surface area contributed by atoms with Gasteiger partial charge in [-0.15, -0.1) is 0 Å². The van der Waals surface area contributed by atoms with Crippen molar-refractivity contribution < 1.29 is 9.53 Å². The first kappa shape index (κ1) is 21.7. The monoisotopic (exact) mass is 490 g/mol. The fourth-order valence-corrected chi connectivity index (χ4v) is 5.95. The number of anilines is 2. The van der Waals surface area contributed by atoms with E-state index in [4.69, 9.17) is 32.9 Å². The molecule has 0 saturated heterocycles. The molecule has 5 rings (SSSR count). The van der Waals surface area contributed by atoms with Crippen molar-refractivity contribution in [2.75, 3.05) is 5.32 Å². The maximum absolute atomic E-state index is 13.2. The van der Waals surface area contributed by atoms with Crippen LogP contribution in [0.5, 0.6) is 5.75 Å². The lowest BCUT2D eigenvalue weighted by molar-refractivity contribution is 0.0914. The zero-order valence-corrected chi connectivity index (χ0v) is 20.3. The van der Waals surface area contributed by atoms with Gasteiger partial charge in [-0.25, -0.2) is 4.98 Å². The number of ether oxygens (including phenoxy) is 1. The molecule has 32 heavy (non-hydrogen) atoms. The SMILES string of the molecule is CC1(C)Cc2c(c(C(=O)NC3CCCCC3)cc3nc(Nc4c(Cl)cncc4Cl)sc23)O1. The molecule has 1 fully saturated rings. The predicted molar refractivity (Wildman–Crippen MR) is 130 cm³/mol. The van der Waals surface area contributed by atoms with Crippen molar-refractivity contribution in [2.45, 2.75) is 64.0 Å². The van der Waals surface area contributed by atoms with Crippen molar-refractivity contribution >= 4 is 61.5 Å². The minimum absolute atomic E-state index is 0.0875. The Balaban J connectivity index is 1.53. The first-order chi connectivity index (χ1) is 15.3. The number of carbonyl (C=O) groups is 1. The first-order valence-electron chi connectivity index (χ1n) is 10.8. The number of nitrogens with one attached hydrogen (secondary N) is 2. The number of benzene rings is 1. The van der Waals surface area contributed by atoms with Crippen LogP contribution in [0.3, 0.4) is 0 Å². The number of hydrogen-bond donors (Lipinski definition) is 2. The highest BCUT2D eigenvalue weighted by molar-refractivity contribution is 7.22. The first-order valence-corrected chi connectivity index (χ1v) is 12.4. The van der Waals surface area contributed by atoms with Crippen LogP contribution in [0.1, 0.15) is 61.9 Å². The number of aromatic nitrogens is 2. The number of nitrogens with zero attached hydrogens (tertiary/aromatic N) is 2. The van der Waals surface area contributed by atoms with Crippen molar-refractivity contribution in [3.05, 3.63) is 39.6 Å². The van der Waals surface area contributed by atoms with Crippen LogP contribution < -0.4 is 15.4 Å². The second kappa shape index (κ2) is 8.36. The molecule has 0 bridgehead atoms. The molecule has 1 aliphatic carbocycles. The number of hydrogen-bond acceptors (Lipinski definition) is 6. The summed E-state index contributed by atoms with van der Waals surface area (Å²) in [7, 11) is 0. The van der Waals surface area contributed by atoms with E-state index < -0.39 is 0 Å². The van der Waals surface area contributed by atoms with Crippen LogP contribution in [0.15, 0.2) is 18.5 Å². The second-order valence-electron chi connectivity index (χ2n) is 9.05. The highest BCUT2D eigenvalue weighted by Crippen LogP contribution is 2.45. The average molecular weight is 491 g/mol. The molecule has 1 aliphatic heterocycles. The normalized spacial score (nSPS) is 17.8. The molecule has 0 atom stereocenters. The minimum Gasteiger partial charge on any atom is -0.486 e. The van der Waals surface area contributed by atoms with Gasteiger partial charge in [-0.2, -0.15) is 0 Å². The Morgan fingerprint density at radius 3 is 2.62 bits per heavy atom. The Morgan fingerprint density at radius 2 is 1.91 bits per heavy atom. The Labute approximate surface area is 200 Å². The maximum atomic E-state index is 13.2. The highest BCUT2D eigenvalue weighted by atomic mass is 35.5. The zero-order valence-electron chi connectivity index (χ0n) is 17.9. The second-order valence-corrected chi connectivity index (χ2v) is 10.9. The summed E-state index contributed by atoms with van der Waals surface area (Å²) in [5, 5.41) is 7.91. The van der Waals surface area contributed by atoms with Gasteiger partial charge in [0.15, 0.2) is 5.13 Å². The molecule has 0 radical (unpaired) electrons. The average Bonchev–Trinajstić information content (AvgIpc) is 3.30. The van der Waals surface area contributed by atoms with Gasteiger partial charge in [0.05, 0.1) is 31.5 Å². The molecule has 6 nitrogen and oxygen atoms in total. The van der Waals surface area contributed by atoms with Gasteiger partial charge < -0.3 is 15.4 Å². The van der Waals surface area contributed by atoms with E-state index in [9.17, 15) is 4.79 Å². The number of halogens is 2. The molecule has 2 aromatic heterocycles. The molecule has 168 valence electrons. The van der Waals surface area contributed by atoms with Gasteiger partial charge in [-0.3, -0.25) is 9.78 Å². The van der Waals surface area contributed by atoms with Gasteiger partial charge in [0.2, 0.25) is 0 Å². The predicted octanol–water partition coefficient (Wildman–Crippen LogP) is 6.52. The molecule has 2 aliphatic rings. The lowest BCUT2D eigenvalue weighted by atomic mass is 9.95. The molecule has 1 aromatic carbocycles. The fourth-order valence-electron chi connectivity index (χ4n) is 4.50.